The third-order valence-corrected chi connectivity index (χ3v) is 3.37. The SMILES string of the molecule is COc1cc2c(cc1OC)C(CN)CCC2.Cl. The van der Waals surface area contributed by atoms with Gasteiger partial charge in [0.15, 0.2) is 11.5 Å². The zero-order chi connectivity index (χ0) is 11.5. The van der Waals surface area contributed by atoms with Crippen LogP contribution in [0.3, 0.4) is 0 Å². The van der Waals surface area contributed by atoms with Crippen LogP contribution in [0.15, 0.2) is 12.1 Å². The number of hydrogen-bond acceptors (Lipinski definition) is 3. The van der Waals surface area contributed by atoms with Crippen molar-refractivity contribution in [1.82, 2.24) is 0 Å². The van der Waals surface area contributed by atoms with Crippen LogP contribution in [-0.4, -0.2) is 20.8 Å². The minimum atomic E-state index is 0. The number of aryl methyl sites for hydroxylation is 1. The molecule has 2 N–H and O–H groups in total. The highest BCUT2D eigenvalue weighted by molar-refractivity contribution is 5.85. The maximum absolute atomic E-state index is 5.81. The number of nitrogens with two attached hydrogens (primary N) is 1. The molecule has 0 aliphatic heterocycles. The average molecular weight is 258 g/mol. The van der Waals surface area contributed by atoms with Gasteiger partial charge in [0.2, 0.25) is 0 Å². The van der Waals surface area contributed by atoms with Crippen LogP contribution < -0.4 is 15.2 Å². The molecule has 4 heteroatoms. The monoisotopic (exact) mass is 257 g/mol. The minimum Gasteiger partial charge on any atom is -0.493 e. The quantitative estimate of drug-likeness (QED) is 0.905. The van der Waals surface area contributed by atoms with Gasteiger partial charge in [0, 0.05) is 0 Å². The predicted octanol–water partition coefficient (Wildman–Crippen LogP) is 2.50. The van der Waals surface area contributed by atoms with Crippen molar-refractivity contribution >= 4 is 12.4 Å². The van der Waals surface area contributed by atoms with Gasteiger partial charge < -0.3 is 15.2 Å². The Kier molecular flexibility index (Phi) is 5.09. The van der Waals surface area contributed by atoms with Gasteiger partial charge in [-0.2, -0.15) is 0 Å². The first-order chi connectivity index (χ1) is 7.80. The summed E-state index contributed by atoms with van der Waals surface area (Å²) < 4.78 is 10.6. The molecule has 0 saturated carbocycles. The van der Waals surface area contributed by atoms with E-state index >= 15 is 0 Å². The summed E-state index contributed by atoms with van der Waals surface area (Å²) in [7, 11) is 3.35. The maximum atomic E-state index is 5.81. The van der Waals surface area contributed by atoms with E-state index in [4.69, 9.17) is 15.2 Å². The second-order valence-electron chi connectivity index (χ2n) is 4.23. The second kappa shape index (κ2) is 6.12. The van der Waals surface area contributed by atoms with Gasteiger partial charge in [-0.3, -0.25) is 0 Å². The van der Waals surface area contributed by atoms with Gasteiger partial charge in [0.05, 0.1) is 14.2 Å². The smallest absolute Gasteiger partial charge is 0.161 e. The number of benzene rings is 1. The van der Waals surface area contributed by atoms with Crippen molar-refractivity contribution in [3.8, 4) is 11.5 Å². The van der Waals surface area contributed by atoms with E-state index in [1.807, 2.05) is 0 Å². The van der Waals surface area contributed by atoms with Crippen LogP contribution in [0.2, 0.25) is 0 Å². The number of rotatable bonds is 3. The summed E-state index contributed by atoms with van der Waals surface area (Å²) in [6.45, 7) is 0.711. The van der Waals surface area contributed by atoms with Crippen LogP contribution in [0.5, 0.6) is 11.5 Å². The van der Waals surface area contributed by atoms with Crippen molar-refractivity contribution in [2.75, 3.05) is 20.8 Å². The van der Waals surface area contributed by atoms with E-state index in [0.717, 1.165) is 17.9 Å². The first-order valence-corrected chi connectivity index (χ1v) is 5.75. The van der Waals surface area contributed by atoms with Crippen molar-refractivity contribution in [3.63, 3.8) is 0 Å². The molecular formula is C13H20ClNO2. The van der Waals surface area contributed by atoms with Crippen LogP contribution in [0.1, 0.15) is 29.9 Å². The van der Waals surface area contributed by atoms with Crippen LogP contribution in [0, 0.1) is 0 Å². The number of halogens is 1. The maximum Gasteiger partial charge on any atom is 0.161 e. The number of ether oxygens (including phenoxy) is 2. The Balaban J connectivity index is 0.00000144. The van der Waals surface area contributed by atoms with E-state index in [1.54, 1.807) is 14.2 Å². The Bertz CT molecular complexity index is 382. The van der Waals surface area contributed by atoms with Crippen LogP contribution in [-0.2, 0) is 6.42 Å². The van der Waals surface area contributed by atoms with E-state index in [0.29, 0.717) is 12.5 Å². The Morgan fingerprint density at radius 1 is 1.24 bits per heavy atom. The summed E-state index contributed by atoms with van der Waals surface area (Å²) in [5.74, 6) is 2.10. The molecule has 1 unspecified atom stereocenters. The van der Waals surface area contributed by atoms with Gasteiger partial charge in [-0.1, -0.05) is 0 Å². The lowest BCUT2D eigenvalue weighted by molar-refractivity contribution is 0.352. The Hall–Kier alpha value is -0.930. The fraction of sp³-hybridized carbons (Fsp3) is 0.538. The van der Waals surface area contributed by atoms with Gasteiger partial charge in [-0.15, -0.1) is 12.4 Å². The molecule has 1 aliphatic carbocycles. The molecule has 0 aromatic heterocycles. The molecule has 0 radical (unpaired) electrons. The second-order valence-corrected chi connectivity index (χ2v) is 4.23. The molecule has 0 spiro atoms. The summed E-state index contributed by atoms with van der Waals surface area (Å²) in [5, 5.41) is 0. The number of hydrogen-bond donors (Lipinski definition) is 1. The Morgan fingerprint density at radius 2 is 1.88 bits per heavy atom. The van der Waals surface area contributed by atoms with E-state index in [9.17, 15) is 0 Å². The van der Waals surface area contributed by atoms with Crippen molar-refractivity contribution in [1.29, 1.82) is 0 Å². The van der Waals surface area contributed by atoms with Crippen molar-refractivity contribution in [3.05, 3.63) is 23.3 Å². The molecule has 1 atom stereocenters. The van der Waals surface area contributed by atoms with E-state index in [-0.39, 0.29) is 12.4 Å². The highest BCUT2D eigenvalue weighted by Gasteiger charge is 2.21. The summed E-state index contributed by atoms with van der Waals surface area (Å²) >= 11 is 0. The van der Waals surface area contributed by atoms with Crippen molar-refractivity contribution in [2.24, 2.45) is 5.73 Å². The summed E-state index contributed by atoms with van der Waals surface area (Å²) in [5.41, 5.74) is 8.51. The zero-order valence-electron chi connectivity index (χ0n) is 10.4. The van der Waals surface area contributed by atoms with Gasteiger partial charge in [0.25, 0.3) is 0 Å². The third-order valence-electron chi connectivity index (χ3n) is 3.37. The molecule has 0 bridgehead atoms. The zero-order valence-corrected chi connectivity index (χ0v) is 11.2. The van der Waals surface area contributed by atoms with Crippen LogP contribution >= 0.6 is 12.4 Å². The molecule has 1 aromatic rings. The first-order valence-electron chi connectivity index (χ1n) is 5.75. The molecule has 1 aromatic carbocycles. The van der Waals surface area contributed by atoms with E-state index in [1.165, 1.54) is 24.0 Å². The Labute approximate surface area is 109 Å². The number of methoxy groups -OCH3 is 2. The number of fused-ring (bicyclic) bond motifs is 1. The summed E-state index contributed by atoms with van der Waals surface area (Å²) in [6.07, 6.45) is 3.51. The molecule has 0 heterocycles. The normalized spacial score (nSPS) is 17.9. The average Bonchev–Trinajstić information content (AvgIpc) is 2.36. The summed E-state index contributed by atoms with van der Waals surface area (Å²) in [4.78, 5) is 0. The standard InChI is InChI=1S/C13H19NO2.ClH/c1-15-12-6-9-4-3-5-10(8-14)11(9)7-13(12)16-2;/h6-7,10H,3-5,8,14H2,1-2H3;1H. The molecule has 3 nitrogen and oxygen atoms in total. The summed E-state index contributed by atoms with van der Waals surface area (Å²) in [6, 6.07) is 4.18. The van der Waals surface area contributed by atoms with Crippen LogP contribution in [0.4, 0.5) is 0 Å². The topological polar surface area (TPSA) is 44.5 Å². The van der Waals surface area contributed by atoms with E-state index in [2.05, 4.69) is 12.1 Å². The van der Waals surface area contributed by atoms with Crippen molar-refractivity contribution < 1.29 is 9.47 Å². The highest BCUT2D eigenvalue weighted by atomic mass is 35.5. The van der Waals surface area contributed by atoms with E-state index < -0.39 is 0 Å². The third kappa shape index (κ3) is 2.67. The van der Waals surface area contributed by atoms with Crippen LogP contribution in [0.25, 0.3) is 0 Å². The molecule has 17 heavy (non-hydrogen) atoms. The van der Waals surface area contributed by atoms with Gasteiger partial charge >= 0.3 is 0 Å². The predicted molar refractivity (Wildman–Crippen MR) is 71.5 cm³/mol. The first kappa shape index (κ1) is 14.1. The Morgan fingerprint density at radius 3 is 2.47 bits per heavy atom. The van der Waals surface area contributed by atoms with Gasteiger partial charge in [-0.05, 0) is 55.0 Å². The fourth-order valence-electron chi connectivity index (χ4n) is 2.47. The largest absolute Gasteiger partial charge is 0.493 e. The van der Waals surface area contributed by atoms with Gasteiger partial charge in [0.1, 0.15) is 0 Å². The molecule has 1 aliphatic rings. The van der Waals surface area contributed by atoms with Crippen molar-refractivity contribution in [2.45, 2.75) is 25.2 Å². The highest BCUT2D eigenvalue weighted by Crippen LogP contribution is 2.38. The molecule has 0 saturated heterocycles. The molecule has 2 rings (SSSR count). The molecule has 96 valence electrons. The lowest BCUT2D eigenvalue weighted by Crippen LogP contribution is -2.18. The van der Waals surface area contributed by atoms with Gasteiger partial charge in [-0.25, -0.2) is 0 Å². The lowest BCUT2D eigenvalue weighted by atomic mass is 9.82. The molecular weight excluding hydrogens is 238 g/mol. The molecule has 0 amide bonds. The lowest BCUT2D eigenvalue weighted by Gasteiger charge is -2.25. The fourth-order valence-corrected chi connectivity index (χ4v) is 2.47. The molecule has 0 fully saturated rings. The minimum absolute atomic E-state index is 0.